The van der Waals surface area contributed by atoms with Crippen molar-refractivity contribution in [2.24, 2.45) is 15.2 Å². The molecule has 2 aliphatic rings. The molecule has 0 bridgehead atoms. The molecule has 13 heavy (non-hydrogen) atoms. The Hall–Kier alpha value is -1.43. The highest BCUT2D eigenvalue weighted by Crippen LogP contribution is 2.37. The summed E-state index contributed by atoms with van der Waals surface area (Å²) in [5, 5.41) is 11.7. The minimum Gasteiger partial charge on any atom is -0.364 e. The molecule has 0 radical (unpaired) electrons. The van der Waals surface area contributed by atoms with Gasteiger partial charge in [0.1, 0.15) is 17.7 Å². The Bertz CT molecular complexity index is 431. The van der Waals surface area contributed by atoms with Gasteiger partial charge in [0.15, 0.2) is 5.84 Å². The lowest BCUT2D eigenvalue weighted by molar-refractivity contribution is 0.417. The van der Waals surface area contributed by atoms with Gasteiger partial charge in [-0.2, -0.15) is 0 Å². The summed E-state index contributed by atoms with van der Waals surface area (Å²) >= 11 is 1.63. The number of hydrogen-bond donors (Lipinski definition) is 0. The van der Waals surface area contributed by atoms with E-state index in [4.69, 9.17) is 4.52 Å². The molecule has 0 aromatic carbocycles. The molecule has 3 rings (SSSR count). The Morgan fingerprint density at radius 3 is 3.23 bits per heavy atom. The second kappa shape index (κ2) is 2.53. The lowest BCUT2D eigenvalue weighted by Crippen LogP contribution is -1.86. The first kappa shape index (κ1) is 7.02. The van der Waals surface area contributed by atoms with Crippen LogP contribution in [0.2, 0.25) is 0 Å². The van der Waals surface area contributed by atoms with Gasteiger partial charge in [0.2, 0.25) is 0 Å². The number of hydrogen-bond acceptors (Lipinski definition) is 6. The number of nitrogens with zero attached hydrogens (tertiary/aromatic N) is 4. The summed E-state index contributed by atoms with van der Waals surface area (Å²) in [7, 11) is 0. The third kappa shape index (κ3) is 0.951. The molecular weight excluding hydrogens is 188 g/mol. The van der Waals surface area contributed by atoms with Crippen LogP contribution >= 0.6 is 11.8 Å². The summed E-state index contributed by atoms with van der Waals surface area (Å²) in [5.41, 5.74) is 1.49. The van der Waals surface area contributed by atoms with E-state index in [1.807, 2.05) is 0 Å². The summed E-state index contributed by atoms with van der Waals surface area (Å²) in [6.45, 7) is 0. The monoisotopic (exact) mass is 192 g/mol. The quantitative estimate of drug-likeness (QED) is 0.682. The van der Waals surface area contributed by atoms with Gasteiger partial charge in [-0.3, -0.25) is 4.99 Å². The van der Waals surface area contributed by atoms with Crippen LogP contribution in [0, 0.1) is 0 Å². The van der Waals surface area contributed by atoms with E-state index >= 15 is 0 Å². The van der Waals surface area contributed by atoms with E-state index in [1.165, 1.54) is 6.26 Å². The maximum atomic E-state index is 4.74. The molecule has 1 aromatic heterocycles. The van der Waals surface area contributed by atoms with Gasteiger partial charge in [0.05, 0.1) is 10.8 Å². The van der Waals surface area contributed by atoms with Crippen molar-refractivity contribution >= 4 is 23.3 Å². The second-order valence-corrected chi connectivity index (χ2v) is 3.47. The van der Waals surface area contributed by atoms with Crippen LogP contribution in [0.1, 0.15) is 5.69 Å². The molecule has 0 spiro atoms. The second-order valence-electron chi connectivity index (χ2n) is 2.52. The highest BCUT2D eigenvalue weighted by molar-refractivity contribution is 8.04. The number of aliphatic imine (C=N–C) groups is 1. The maximum Gasteiger partial charge on any atom is 0.186 e. The van der Waals surface area contributed by atoms with Crippen LogP contribution < -0.4 is 0 Å². The van der Waals surface area contributed by atoms with Gasteiger partial charge in [0, 0.05) is 6.07 Å². The first-order chi connectivity index (χ1) is 6.45. The van der Waals surface area contributed by atoms with Crippen molar-refractivity contribution in [2.45, 2.75) is 0 Å². The fourth-order valence-electron chi connectivity index (χ4n) is 1.19. The van der Waals surface area contributed by atoms with Crippen LogP contribution in [0.4, 0.5) is 0 Å². The molecule has 0 fully saturated rings. The third-order valence-corrected chi connectivity index (χ3v) is 2.69. The van der Waals surface area contributed by atoms with Gasteiger partial charge in [0.25, 0.3) is 0 Å². The number of amidine groups is 1. The van der Waals surface area contributed by atoms with Crippen LogP contribution in [0.15, 0.2) is 37.0 Å². The zero-order chi connectivity index (χ0) is 8.67. The molecule has 0 N–H and O–H groups in total. The van der Waals surface area contributed by atoms with Crippen LogP contribution in [0.3, 0.4) is 0 Å². The van der Waals surface area contributed by atoms with Gasteiger partial charge < -0.3 is 4.52 Å². The molecule has 0 atom stereocenters. The summed E-state index contributed by atoms with van der Waals surface area (Å²) in [6, 6.07) is 1.77. The standard InChI is InChI=1S/C7H4N4OS/c1-2-12-11-4(1)5-6-7(10-9-5)8-3-13-6/h1-2H,3H2. The zero-order valence-corrected chi connectivity index (χ0v) is 7.28. The molecule has 3 heterocycles. The Kier molecular flexibility index (Phi) is 1.36. The van der Waals surface area contributed by atoms with Crippen LogP contribution in [-0.2, 0) is 0 Å². The van der Waals surface area contributed by atoms with Crippen molar-refractivity contribution in [2.75, 3.05) is 5.88 Å². The smallest absolute Gasteiger partial charge is 0.186 e. The van der Waals surface area contributed by atoms with Gasteiger partial charge in [-0.15, -0.1) is 10.2 Å². The average Bonchev–Trinajstić information content (AvgIpc) is 2.79. The molecule has 0 saturated carbocycles. The number of rotatable bonds is 1. The number of azo groups is 1. The van der Waals surface area contributed by atoms with Gasteiger partial charge in [-0.25, -0.2) is 0 Å². The summed E-state index contributed by atoms with van der Waals surface area (Å²) < 4.78 is 4.74. The Morgan fingerprint density at radius 1 is 1.38 bits per heavy atom. The Morgan fingerprint density at radius 2 is 2.38 bits per heavy atom. The number of thioether (sulfide) groups is 1. The molecular formula is C7H4N4OS. The molecule has 0 saturated heterocycles. The fraction of sp³-hybridized carbons (Fsp3) is 0.143. The van der Waals surface area contributed by atoms with E-state index in [2.05, 4.69) is 20.4 Å². The SMILES string of the molecule is c1cc(C2=C3SCN=C3N=N2)no1. The van der Waals surface area contributed by atoms with Crippen LogP contribution in [0.25, 0.3) is 5.70 Å². The fourth-order valence-corrected chi connectivity index (χ4v) is 2.02. The predicted octanol–water partition coefficient (Wildman–Crippen LogP) is 1.91. The van der Waals surface area contributed by atoms with Crippen LogP contribution in [0.5, 0.6) is 0 Å². The highest BCUT2D eigenvalue weighted by Gasteiger charge is 2.26. The molecule has 2 aliphatic heterocycles. The minimum atomic E-state index is 0.721. The van der Waals surface area contributed by atoms with Crippen LogP contribution in [-0.4, -0.2) is 16.9 Å². The topological polar surface area (TPSA) is 63.1 Å². The van der Waals surface area contributed by atoms with E-state index in [-0.39, 0.29) is 0 Å². The normalized spacial score (nSPS) is 19.5. The molecule has 5 nitrogen and oxygen atoms in total. The van der Waals surface area contributed by atoms with Crippen molar-refractivity contribution in [3.8, 4) is 0 Å². The lowest BCUT2D eigenvalue weighted by Gasteiger charge is -1.91. The van der Waals surface area contributed by atoms with Crippen molar-refractivity contribution < 1.29 is 4.52 Å². The van der Waals surface area contributed by atoms with Crippen molar-refractivity contribution in [3.63, 3.8) is 0 Å². The van der Waals surface area contributed by atoms with Crippen molar-refractivity contribution in [1.82, 2.24) is 5.16 Å². The summed E-state index contributed by atoms with van der Waals surface area (Å²) in [6.07, 6.45) is 1.52. The Labute approximate surface area is 77.6 Å². The zero-order valence-electron chi connectivity index (χ0n) is 6.47. The first-order valence-corrected chi connectivity index (χ1v) is 4.68. The number of aromatic nitrogens is 1. The average molecular weight is 192 g/mol. The maximum absolute atomic E-state index is 4.74. The number of fused-ring (bicyclic) bond motifs is 1. The molecule has 6 heteroatoms. The molecule has 0 amide bonds. The van der Waals surface area contributed by atoms with Crippen molar-refractivity contribution in [1.29, 1.82) is 0 Å². The van der Waals surface area contributed by atoms with Gasteiger partial charge >= 0.3 is 0 Å². The highest BCUT2D eigenvalue weighted by atomic mass is 32.2. The molecule has 64 valence electrons. The lowest BCUT2D eigenvalue weighted by atomic mass is 10.3. The molecule has 0 unspecified atom stereocenters. The van der Waals surface area contributed by atoms with E-state index in [0.717, 1.165) is 28.0 Å². The largest absolute Gasteiger partial charge is 0.364 e. The van der Waals surface area contributed by atoms with E-state index < -0.39 is 0 Å². The van der Waals surface area contributed by atoms with Gasteiger partial charge in [-0.1, -0.05) is 16.9 Å². The molecule has 0 aliphatic carbocycles. The molecule has 1 aromatic rings. The Balaban J connectivity index is 2.15. The summed E-state index contributed by atoms with van der Waals surface area (Å²) in [4.78, 5) is 5.17. The van der Waals surface area contributed by atoms with E-state index in [0.29, 0.717) is 0 Å². The van der Waals surface area contributed by atoms with Gasteiger partial charge in [-0.05, 0) is 0 Å². The third-order valence-electron chi connectivity index (χ3n) is 1.77. The summed E-state index contributed by atoms with van der Waals surface area (Å²) in [5.74, 6) is 1.45. The van der Waals surface area contributed by atoms with E-state index in [9.17, 15) is 0 Å². The predicted molar refractivity (Wildman–Crippen MR) is 48.2 cm³/mol. The first-order valence-electron chi connectivity index (χ1n) is 3.69. The van der Waals surface area contributed by atoms with Crippen molar-refractivity contribution in [3.05, 3.63) is 22.9 Å². The van der Waals surface area contributed by atoms with E-state index in [1.54, 1.807) is 17.8 Å². The minimum absolute atomic E-state index is 0.721.